The molecule has 5 aliphatic carbocycles. The van der Waals surface area contributed by atoms with E-state index in [1.54, 1.807) is 12.0 Å². The van der Waals surface area contributed by atoms with Crippen LogP contribution < -0.4 is 10.6 Å². The van der Waals surface area contributed by atoms with Crippen molar-refractivity contribution >= 4 is 11.8 Å². The lowest BCUT2D eigenvalue weighted by molar-refractivity contribution is -0.193. The number of hydrogen-bond donors (Lipinski definition) is 4. The lowest BCUT2D eigenvalue weighted by atomic mass is 9.45. The number of aliphatic hydroxyl groups is 2. The van der Waals surface area contributed by atoms with Crippen LogP contribution in [-0.2, 0) is 19.2 Å². The van der Waals surface area contributed by atoms with Crippen molar-refractivity contribution in [1.29, 1.82) is 0 Å². The summed E-state index contributed by atoms with van der Waals surface area (Å²) in [4.78, 5) is 36.3. The van der Waals surface area contributed by atoms with Gasteiger partial charge >= 0.3 is 0 Å². The molecule has 7 fully saturated rings. The van der Waals surface area contributed by atoms with Crippen molar-refractivity contribution in [3.63, 3.8) is 0 Å². The van der Waals surface area contributed by atoms with Crippen molar-refractivity contribution < 1.29 is 29.4 Å². The third kappa shape index (κ3) is 7.82. The van der Waals surface area contributed by atoms with Gasteiger partial charge in [-0.3, -0.25) is 14.4 Å². The Balaban J connectivity index is 1.10. The van der Waals surface area contributed by atoms with Crippen molar-refractivity contribution in [3.05, 3.63) is 0 Å². The van der Waals surface area contributed by atoms with Crippen molar-refractivity contribution in [3.8, 4) is 0 Å². The summed E-state index contributed by atoms with van der Waals surface area (Å²) < 4.78 is 6.34. The summed E-state index contributed by atoms with van der Waals surface area (Å²) in [5.74, 6) is 2.30. The van der Waals surface area contributed by atoms with E-state index in [-0.39, 0.29) is 36.5 Å². The molecule has 0 aromatic heterocycles. The zero-order valence-corrected chi connectivity index (χ0v) is 32.0. The van der Waals surface area contributed by atoms with E-state index < -0.39 is 24.2 Å². The number of nitrogens with zero attached hydrogens (tertiary/aromatic N) is 2. The zero-order chi connectivity index (χ0) is 35.7. The Morgan fingerprint density at radius 2 is 1.86 bits per heavy atom. The zero-order valence-electron chi connectivity index (χ0n) is 32.0. The van der Waals surface area contributed by atoms with E-state index in [2.05, 4.69) is 31.4 Å². The molecule has 10 heteroatoms. The third-order valence-electron chi connectivity index (χ3n) is 15.0. The summed E-state index contributed by atoms with van der Waals surface area (Å²) in [6.45, 7) is 10.9. The predicted molar refractivity (Wildman–Crippen MR) is 194 cm³/mol. The van der Waals surface area contributed by atoms with Crippen LogP contribution in [0.15, 0.2) is 0 Å². The minimum atomic E-state index is -0.810. The number of hydrogen-bond acceptors (Lipinski definition) is 8. The summed E-state index contributed by atoms with van der Waals surface area (Å²) in [6.07, 6.45) is 12.8. The number of methoxy groups -OCH3 is 1. The number of carbonyl (C=O) groups excluding carboxylic acids is 2. The van der Waals surface area contributed by atoms with Gasteiger partial charge in [-0.1, -0.05) is 46.5 Å². The number of fused-ring (bicyclic) bond motifs is 2. The molecule has 4 N–H and O–H groups in total. The van der Waals surface area contributed by atoms with Crippen LogP contribution in [0.2, 0.25) is 0 Å². The first-order chi connectivity index (χ1) is 23.9. The van der Waals surface area contributed by atoms with Gasteiger partial charge in [0.2, 0.25) is 11.8 Å². The Morgan fingerprint density at radius 1 is 1.08 bits per heavy atom. The van der Waals surface area contributed by atoms with Gasteiger partial charge in [0.15, 0.2) is 0 Å². The van der Waals surface area contributed by atoms with Gasteiger partial charge in [0, 0.05) is 57.1 Å². The largest absolute Gasteiger partial charge is 0.394 e. The molecule has 0 radical (unpaired) electrons. The van der Waals surface area contributed by atoms with Gasteiger partial charge in [-0.05, 0) is 106 Å². The van der Waals surface area contributed by atoms with Gasteiger partial charge in [-0.25, -0.2) is 0 Å². The predicted octanol–water partition coefficient (Wildman–Crippen LogP) is 4.38. The molecule has 2 aliphatic heterocycles. The van der Waals surface area contributed by atoms with Crippen LogP contribution in [-0.4, -0.2) is 109 Å². The molecule has 0 spiro atoms. The van der Waals surface area contributed by atoms with Crippen LogP contribution in [0.5, 0.6) is 0 Å². The molecule has 14 atom stereocenters. The average molecular weight is 703 g/mol. The lowest BCUT2D eigenvalue weighted by Gasteiger charge is -2.62. The second-order valence-electron chi connectivity index (χ2n) is 18.1. The molecule has 0 aromatic rings. The number of ether oxygens (including phenoxy) is 1. The first-order valence-corrected chi connectivity index (χ1v) is 20.5. The normalized spacial score (nSPS) is 42.4. The van der Waals surface area contributed by atoms with Gasteiger partial charge < -0.3 is 30.5 Å². The van der Waals surface area contributed by atoms with Gasteiger partial charge in [0.25, 0.3) is 0 Å². The highest BCUT2D eigenvalue weighted by Gasteiger charge is 2.58. The average Bonchev–Trinajstić information content (AvgIpc) is 3.49. The minimum absolute atomic E-state index is 0.00379. The summed E-state index contributed by atoms with van der Waals surface area (Å²) in [6, 6.07) is -0.0403. The van der Waals surface area contributed by atoms with E-state index in [4.69, 9.17) is 9.57 Å². The monoisotopic (exact) mass is 703 g/mol. The fraction of sp³-hybridized carbons (Fsp3) is 0.950. The van der Waals surface area contributed by atoms with E-state index in [9.17, 15) is 19.8 Å². The van der Waals surface area contributed by atoms with E-state index in [0.717, 1.165) is 70.9 Å². The fourth-order valence-electron chi connectivity index (χ4n) is 11.9. The molecule has 5 saturated carbocycles. The van der Waals surface area contributed by atoms with Crippen molar-refractivity contribution in [1.82, 2.24) is 20.6 Å². The highest BCUT2D eigenvalue weighted by molar-refractivity contribution is 5.83. The SMILES string of the molecule is COC1C(CN2O[C@@H](CO)[C@H]([C@H](C)O)[C@H]2C(=O)N[C@H]2C[C@H]3C[C@@H]([C@@H]2C)C3(C)C)CCCC1C1CCCC(C(=O)N(C)CCC2CCCCN2)C1. The minimum Gasteiger partial charge on any atom is -0.394 e. The number of carbonyl (C=O) groups is 2. The van der Waals surface area contributed by atoms with Crippen LogP contribution in [0.4, 0.5) is 0 Å². The Hall–Kier alpha value is -1.30. The first-order valence-electron chi connectivity index (χ1n) is 20.5. The maximum Gasteiger partial charge on any atom is 0.240 e. The number of nitrogens with one attached hydrogen (secondary N) is 2. The van der Waals surface area contributed by atoms with E-state index in [1.807, 2.05) is 19.1 Å². The molecule has 2 saturated heterocycles. The molecule has 2 bridgehead atoms. The van der Waals surface area contributed by atoms with E-state index in [0.29, 0.717) is 53.5 Å². The topological polar surface area (TPSA) is 124 Å². The summed E-state index contributed by atoms with van der Waals surface area (Å²) in [7, 11) is 3.81. The molecule has 2 amide bonds. The van der Waals surface area contributed by atoms with Gasteiger partial charge in [0.05, 0.1) is 18.8 Å². The second kappa shape index (κ2) is 16.4. The van der Waals surface area contributed by atoms with Gasteiger partial charge in [0.1, 0.15) is 12.1 Å². The quantitative estimate of drug-likeness (QED) is 0.237. The number of hydroxylamine groups is 2. The molecule has 7 rings (SSSR count). The molecule has 6 unspecified atom stereocenters. The number of aliphatic hydroxyl groups excluding tert-OH is 2. The van der Waals surface area contributed by atoms with Crippen molar-refractivity contribution in [2.45, 2.75) is 148 Å². The molecule has 50 heavy (non-hydrogen) atoms. The van der Waals surface area contributed by atoms with Crippen LogP contribution in [0.3, 0.4) is 0 Å². The Morgan fingerprint density at radius 3 is 2.52 bits per heavy atom. The number of rotatable bonds is 12. The molecule has 2 heterocycles. The van der Waals surface area contributed by atoms with Gasteiger partial charge in [-0.15, -0.1) is 0 Å². The Kier molecular flexibility index (Phi) is 12.6. The second-order valence-corrected chi connectivity index (χ2v) is 18.1. The van der Waals surface area contributed by atoms with Crippen molar-refractivity contribution in [2.24, 2.45) is 52.8 Å². The number of amides is 2. The molecule has 7 aliphatic rings. The van der Waals surface area contributed by atoms with Crippen molar-refractivity contribution in [2.75, 3.05) is 40.4 Å². The first kappa shape index (κ1) is 38.4. The third-order valence-corrected chi connectivity index (χ3v) is 15.0. The Labute approximate surface area is 302 Å². The van der Waals surface area contributed by atoms with Crippen LogP contribution in [0, 0.1) is 52.8 Å². The molecular formula is C40H70N4O6. The Bertz CT molecular complexity index is 1150. The smallest absolute Gasteiger partial charge is 0.240 e. The van der Waals surface area contributed by atoms with E-state index >= 15 is 0 Å². The molecule has 0 aromatic carbocycles. The standard InChI is InChI=1S/C40H70N4O6/c1-24-32-20-29(40(32,3)4)21-33(24)42-38(47)36-35(25(2)46)34(23-45)50-44(36)22-28-13-10-15-31(37(28)49-6)26-11-9-12-27(19-26)39(48)43(5)18-16-30-14-7-8-17-41-30/h24-37,41,45-46H,7-23H2,1-6H3,(H,42,47)/t24-,25-,26?,27?,28?,29+,30?,31?,32-,33-,34-,35-,36-,37?/m0/s1. The van der Waals surface area contributed by atoms with Crippen LogP contribution in [0.25, 0.3) is 0 Å². The summed E-state index contributed by atoms with van der Waals surface area (Å²) in [5.41, 5.74) is 0.327. The highest BCUT2D eigenvalue weighted by atomic mass is 16.7. The number of piperidine rings is 1. The molecular weight excluding hydrogens is 632 g/mol. The summed E-state index contributed by atoms with van der Waals surface area (Å²) in [5, 5.41) is 30.1. The maximum atomic E-state index is 14.2. The van der Waals surface area contributed by atoms with Crippen LogP contribution >= 0.6 is 0 Å². The highest BCUT2D eigenvalue weighted by Crippen LogP contribution is 2.61. The molecule has 10 nitrogen and oxygen atoms in total. The van der Waals surface area contributed by atoms with E-state index in [1.165, 1.54) is 25.7 Å². The fourth-order valence-corrected chi connectivity index (χ4v) is 11.9. The lowest BCUT2D eigenvalue weighted by Crippen LogP contribution is -2.62. The maximum absolute atomic E-state index is 14.2. The summed E-state index contributed by atoms with van der Waals surface area (Å²) >= 11 is 0. The molecule has 286 valence electrons. The van der Waals surface area contributed by atoms with Crippen LogP contribution in [0.1, 0.15) is 111 Å². The van der Waals surface area contributed by atoms with Gasteiger partial charge in [-0.2, -0.15) is 5.06 Å².